The van der Waals surface area contributed by atoms with E-state index in [0.717, 1.165) is 5.56 Å². The molecule has 1 fully saturated rings. The summed E-state index contributed by atoms with van der Waals surface area (Å²) < 4.78 is 15.7. The van der Waals surface area contributed by atoms with Gasteiger partial charge in [0.2, 0.25) is 0 Å². The maximum absolute atomic E-state index is 11.9. The highest BCUT2D eigenvalue weighted by Gasteiger charge is 2.43. The molecule has 1 aromatic heterocycles. The lowest BCUT2D eigenvalue weighted by Gasteiger charge is -2.32. The minimum Gasteiger partial charge on any atom is -0.453 e. The fraction of sp³-hybridized carbons (Fsp3) is 0.263. The maximum Gasteiger partial charge on any atom is 0.324 e. The van der Waals surface area contributed by atoms with Crippen molar-refractivity contribution in [3.63, 3.8) is 0 Å². The minimum absolute atomic E-state index is 0.0841. The van der Waals surface area contributed by atoms with E-state index in [-0.39, 0.29) is 6.42 Å². The van der Waals surface area contributed by atoms with Crippen molar-refractivity contribution in [1.29, 1.82) is 0 Å². The normalized spacial score (nSPS) is 16.8. The highest BCUT2D eigenvalue weighted by Crippen LogP contribution is 2.26. The minimum atomic E-state index is -1.22. The third-order valence-electron chi connectivity index (χ3n) is 3.43. The molecule has 122 valence electrons. The van der Waals surface area contributed by atoms with Crippen molar-refractivity contribution < 1.29 is 23.5 Å². The van der Waals surface area contributed by atoms with Crippen molar-refractivity contribution in [2.75, 3.05) is 0 Å². The monoisotopic (exact) mass is 324 g/mol. The molecule has 5 nitrogen and oxygen atoms in total. The summed E-state index contributed by atoms with van der Waals surface area (Å²) >= 11 is 0. The molecule has 0 unspecified atom stereocenters. The summed E-state index contributed by atoms with van der Waals surface area (Å²) in [4.78, 5) is 23.9. The highest BCUT2D eigenvalue weighted by molar-refractivity contribution is 5.96. The summed E-state index contributed by atoms with van der Waals surface area (Å²) in [5.74, 6) is 3.38. The smallest absolute Gasteiger partial charge is 0.324 e. The number of ether oxygens (including phenoxy) is 2. The number of cyclic esters (lactones) is 2. The zero-order valence-corrected chi connectivity index (χ0v) is 13.4. The fourth-order valence-corrected chi connectivity index (χ4v) is 2.32. The van der Waals surface area contributed by atoms with Crippen LogP contribution in [0.5, 0.6) is 0 Å². The van der Waals surface area contributed by atoms with E-state index in [1.807, 2.05) is 30.3 Å². The molecule has 0 aliphatic carbocycles. The van der Waals surface area contributed by atoms with Crippen LogP contribution >= 0.6 is 0 Å². The molecule has 2 aromatic rings. The molecule has 0 saturated carbocycles. The number of carbonyl (C=O) groups is 2. The first-order valence-corrected chi connectivity index (χ1v) is 7.54. The molecule has 0 radical (unpaired) electrons. The largest absolute Gasteiger partial charge is 0.453 e. The van der Waals surface area contributed by atoms with Crippen LogP contribution in [-0.2, 0) is 25.5 Å². The lowest BCUT2D eigenvalue weighted by molar-refractivity contribution is -0.239. The molecule has 0 atom stereocenters. The van der Waals surface area contributed by atoms with Gasteiger partial charge in [-0.15, -0.1) is 0 Å². The van der Waals surface area contributed by atoms with Crippen molar-refractivity contribution in [2.24, 2.45) is 5.92 Å². The Morgan fingerprint density at radius 3 is 2.29 bits per heavy atom. The summed E-state index contributed by atoms with van der Waals surface area (Å²) in [5.41, 5.74) is 0.872. The van der Waals surface area contributed by atoms with Crippen LogP contribution in [0, 0.1) is 17.8 Å². The molecule has 0 amide bonds. The molecule has 2 heterocycles. The second kappa shape index (κ2) is 6.25. The molecular weight excluding hydrogens is 308 g/mol. The topological polar surface area (TPSA) is 65.7 Å². The maximum atomic E-state index is 11.9. The SMILES string of the molecule is CC1(C)OC(=O)C(Cc2ccc(C#Cc3ccccc3)o2)C(=O)O1. The molecular formula is C19H16O5. The molecule has 0 spiro atoms. The van der Waals surface area contributed by atoms with Gasteiger partial charge in [0.1, 0.15) is 5.76 Å². The summed E-state index contributed by atoms with van der Waals surface area (Å²) in [6, 6.07) is 12.9. The molecule has 1 aliphatic heterocycles. The Kier molecular flexibility index (Phi) is 4.13. The summed E-state index contributed by atoms with van der Waals surface area (Å²) in [6.07, 6.45) is 0.0841. The van der Waals surface area contributed by atoms with Crippen molar-refractivity contribution in [3.05, 3.63) is 59.5 Å². The lowest BCUT2D eigenvalue weighted by Crippen LogP contribution is -2.46. The molecule has 1 saturated heterocycles. The quantitative estimate of drug-likeness (QED) is 0.483. The Hall–Kier alpha value is -3.00. The van der Waals surface area contributed by atoms with Gasteiger partial charge in [0.25, 0.3) is 5.79 Å². The Balaban J connectivity index is 1.70. The number of esters is 2. The van der Waals surface area contributed by atoms with Crippen LogP contribution in [-0.4, -0.2) is 17.7 Å². The third-order valence-corrected chi connectivity index (χ3v) is 3.43. The molecule has 3 rings (SSSR count). The van der Waals surface area contributed by atoms with Gasteiger partial charge in [-0.05, 0) is 30.2 Å². The van der Waals surface area contributed by atoms with Gasteiger partial charge in [-0.1, -0.05) is 24.1 Å². The molecule has 1 aliphatic rings. The van der Waals surface area contributed by atoms with Gasteiger partial charge in [0.05, 0.1) is 0 Å². The number of carbonyl (C=O) groups excluding carboxylic acids is 2. The van der Waals surface area contributed by atoms with E-state index in [1.165, 1.54) is 13.8 Å². The van der Waals surface area contributed by atoms with Crippen LogP contribution in [0.1, 0.15) is 30.9 Å². The van der Waals surface area contributed by atoms with Gasteiger partial charge >= 0.3 is 11.9 Å². The van der Waals surface area contributed by atoms with E-state index >= 15 is 0 Å². The second-order valence-corrected chi connectivity index (χ2v) is 5.88. The first-order chi connectivity index (χ1) is 11.4. The lowest BCUT2D eigenvalue weighted by atomic mass is 10.0. The van der Waals surface area contributed by atoms with Crippen molar-refractivity contribution in [2.45, 2.75) is 26.1 Å². The highest BCUT2D eigenvalue weighted by atomic mass is 16.7. The van der Waals surface area contributed by atoms with Crippen molar-refractivity contribution in [3.8, 4) is 11.8 Å². The molecule has 24 heavy (non-hydrogen) atoms. The first kappa shape index (κ1) is 15.9. The third kappa shape index (κ3) is 3.66. The first-order valence-electron chi connectivity index (χ1n) is 7.54. The standard InChI is InChI=1S/C19H16O5/c1-19(2)23-17(20)16(18(21)24-19)12-15-11-10-14(22-15)9-8-13-6-4-3-5-7-13/h3-7,10-11,16H,12H2,1-2H3. The number of hydrogen-bond acceptors (Lipinski definition) is 5. The molecule has 0 N–H and O–H groups in total. The van der Waals surface area contributed by atoms with E-state index in [1.54, 1.807) is 12.1 Å². The molecule has 1 aromatic carbocycles. The summed E-state index contributed by atoms with van der Waals surface area (Å²) in [6.45, 7) is 3.03. The average molecular weight is 324 g/mol. The van der Waals surface area contributed by atoms with E-state index in [4.69, 9.17) is 13.9 Å². The Bertz CT molecular complexity index is 800. The van der Waals surface area contributed by atoms with Crippen LogP contribution in [0.15, 0.2) is 46.9 Å². The zero-order chi connectivity index (χ0) is 17.2. The summed E-state index contributed by atoms with van der Waals surface area (Å²) in [5, 5.41) is 0. The van der Waals surface area contributed by atoms with Crippen LogP contribution in [0.2, 0.25) is 0 Å². The van der Waals surface area contributed by atoms with E-state index in [2.05, 4.69) is 11.8 Å². The van der Waals surface area contributed by atoms with Gasteiger partial charge in [-0.3, -0.25) is 9.59 Å². The number of rotatable bonds is 2. The van der Waals surface area contributed by atoms with Gasteiger partial charge in [-0.2, -0.15) is 0 Å². The second-order valence-electron chi connectivity index (χ2n) is 5.88. The number of furan rings is 1. The number of benzene rings is 1. The van der Waals surface area contributed by atoms with Crippen LogP contribution in [0.25, 0.3) is 0 Å². The van der Waals surface area contributed by atoms with Crippen LogP contribution in [0.4, 0.5) is 0 Å². The van der Waals surface area contributed by atoms with E-state index in [9.17, 15) is 9.59 Å². The van der Waals surface area contributed by atoms with Gasteiger partial charge in [0, 0.05) is 25.8 Å². The Morgan fingerprint density at radius 1 is 0.958 bits per heavy atom. The van der Waals surface area contributed by atoms with Gasteiger partial charge < -0.3 is 13.9 Å². The van der Waals surface area contributed by atoms with E-state index < -0.39 is 23.6 Å². The van der Waals surface area contributed by atoms with Crippen molar-refractivity contribution >= 4 is 11.9 Å². The molecule has 5 heteroatoms. The average Bonchev–Trinajstić information content (AvgIpc) is 2.97. The Morgan fingerprint density at radius 2 is 1.62 bits per heavy atom. The number of hydrogen-bond donors (Lipinski definition) is 0. The fourth-order valence-electron chi connectivity index (χ4n) is 2.32. The van der Waals surface area contributed by atoms with Gasteiger partial charge in [-0.25, -0.2) is 0 Å². The summed E-state index contributed by atoms with van der Waals surface area (Å²) in [7, 11) is 0. The van der Waals surface area contributed by atoms with E-state index in [0.29, 0.717) is 11.5 Å². The van der Waals surface area contributed by atoms with Crippen LogP contribution in [0.3, 0.4) is 0 Å². The zero-order valence-electron chi connectivity index (χ0n) is 13.4. The van der Waals surface area contributed by atoms with Crippen LogP contribution < -0.4 is 0 Å². The predicted octanol–water partition coefficient (Wildman–Crippen LogP) is 2.67. The Labute approximate surface area is 139 Å². The van der Waals surface area contributed by atoms with Gasteiger partial charge in [0.15, 0.2) is 11.7 Å². The predicted molar refractivity (Wildman–Crippen MR) is 84.6 cm³/mol. The van der Waals surface area contributed by atoms with Crippen molar-refractivity contribution in [1.82, 2.24) is 0 Å². The molecule has 0 bridgehead atoms.